The van der Waals surface area contributed by atoms with Crippen molar-refractivity contribution in [2.24, 2.45) is 0 Å². The zero-order valence-electron chi connectivity index (χ0n) is 11.7. The van der Waals surface area contributed by atoms with E-state index >= 15 is 0 Å². The molecule has 0 bridgehead atoms. The van der Waals surface area contributed by atoms with Crippen molar-refractivity contribution >= 4 is 40.5 Å². The molecule has 110 valence electrons. The number of hydrogen-bond donors (Lipinski definition) is 2. The molecule has 0 unspecified atom stereocenters. The average Bonchev–Trinajstić information content (AvgIpc) is 2.44. The minimum atomic E-state index is -0.197. The van der Waals surface area contributed by atoms with Gasteiger partial charge in [-0.15, -0.1) is 0 Å². The first-order valence-corrected chi connectivity index (χ1v) is 7.21. The molecular formula is C15H15Cl2N3O. The van der Waals surface area contributed by atoms with E-state index in [1.165, 1.54) is 0 Å². The number of nitrogens with zero attached hydrogens (tertiary/aromatic N) is 1. The average molecular weight is 324 g/mol. The Balaban J connectivity index is 2.12. The van der Waals surface area contributed by atoms with E-state index in [1.807, 2.05) is 19.9 Å². The summed E-state index contributed by atoms with van der Waals surface area (Å²) in [7, 11) is 0. The third-order valence-electron chi connectivity index (χ3n) is 2.65. The van der Waals surface area contributed by atoms with Crippen LogP contribution < -0.4 is 10.6 Å². The van der Waals surface area contributed by atoms with Crippen LogP contribution in [-0.4, -0.2) is 16.9 Å². The predicted molar refractivity (Wildman–Crippen MR) is 86.6 cm³/mol. The van der Waals surface area contributed by atoms with Crippen LogP contribution in [0.3, 0.4) is 0 Å². The first-order chi connectivity index (χ1) is 9.97. The maximum Gasteiger partial charge on any atom is 0.270 e. The van der Waals surface area contributed by atoms with Crippen molar-refractivity contribution in [3.05, 3.63) is 52.3 Å². The Morgan fingerprint density at radius 2 is 1.95 bits per heavy atom. The highest BCUT2D eigenvalue weighted by Crippen LogP contribution is 2.31. The van der Waals surface area contributed by atoms with E-state index in [0.29, 0.717) is 21.4 Å². The lowest BCUT2D eigenvalue weighted by atomic mass is 10.2. The summed E-state index contributed by atoms with van der Waals surface area (Å²) in [6.45, 7) is 3.80. The van der Waals surface area contributed by atoms with Crippen molar-refractivity contribution in [3.63, 3.8) is 0 Å². The van der Waals surface area contributed by atoms with Crippen LogP contribution in [-0.2, 0) is 0 Å². The van der Waals surface area contributed by atoms with Gasteiger partial charge in [0.1, 0.15) is 5.69 Å². The largest absolute Gasteiger partial charge is 0.353 e. The highest BCUT2D eigenvalue weighted by molar-refractivity contribution is 6.43. The predicted octanol–water partition coefficient (Wildman–Crippen LogP) is 4.27. The maximum absolute atomic E-state index is 11.8. The van der Waals surface area contributed by atoms with Crippen LogP contribution in [0.15, 0.2) is 36.5 Å². The maximum atomic E-state index is 11.8. The van der Waals surface area contributed by atoms with Gasteiger partial charge < -0.3 is 10.6 Å². The van der Waals surface area contributed by atoms with E-state index in [4.69, 9.17) is 23.2 Å². The summed E-state index contributed by atoms with van der Waals surface area (Å²) in [4.78, 5) is 15.9. The van der Waals surface area contributed by atoms with Crippen LogP contribution in [0.5, 0.6) is 0 Å². The van der Waals surface area contributed by atoms with Crippen LogP contribution >= 0.6 is 23.2 Å². The molecule has 1 amide bonds. The molecule has 0 fully saturated rings. The monoisotopic (exact) mass is 323 g/mol. The fourth-order valence-electron chi connectivity index (χ4n) is 1.69. The van der Waals surface area contributed by atoms with Crippen LogP contribution in [0.2, 0.25) is 10.0 Å². The number of benzene rings is 1. The first-order valence-electron chi connectivity index (χ1n) is 6.45. The van der Waals surface area contributed by atoms with E-state index in [-0.39, 0.29) is 11.9 Å². The van der Waals surface area contributed by atoms with Crippen LogP contribution in [0.4, 0.5) is 11.4 Å². The lowest BCUT2D eigenvalue weighted by molar-refractivity contribution is 0.0938. The van der Waals surface area contributed by atoms with Crippen LogP contribution in [0, 0.1) is 0 Å². The van der Waals surface area contributed by atoms with Gasteiger partial charge in [0.25, 0.3) is 5.91 Å². The zero-order chi connectivity index (χ0) is 15.4. The van der Waals surface area contributed by atoms with Gasteiger partial charge in [-0.05, 0) is 38.1 Å². The van der Waals surface area contributed by atoms with Crippen molar-refractivity contribution < 1.29 is 4.79 Å². The molecule has 1 aromatic heterocycles. The Morgan fingerprint density at radius 3 is 2.57 bits per heavy atom. The van der Waals surface area contributed by atoms with Crippen molar-refractivity contribution in [3.8, 4) is 0 Å². The number of pyridine rings is 1. The molecule has 0 aliphatic carbocycles. The van der Waals surface area contributed by atoms with Gasteiger partial charge in [0.05, 0.1) is 27.6 Å². The number of amides is 1. The van der Waals surface area contributed by atoms with Crippen LogP contribution in [0.25, 0.3) is 0 Å². The Kier molecular flexibility index (Phi) is 5.04. The lowest BCUT2D eigenvalue weighted by Gasteiger charge is -2.10. The third kappa shape index (κ3) is 4.09. The highest BCUT2D eigenvalue weighted by atomic mass is 35.5. The van der Waals surface area contributed by atoms with E-state index in [9.17, 15) is 4.79 Å². The van der Waals surface area contributed by atoms with Gasteiger partial charge in [-0.2, -0.15) is 0 Å². The molecule has 0 aliphatic heterocycles. The molecule has 0 saturated heterocycles. The Labute approximate surface area is 133 Å². The summed E-state index contributed by atoms with van der Waals surface area (Å²) in [5, 5.41) is 6.81. The number of aromatic nitrogens is 1. The normalized spacial score (nSPS) is 10.5. The molecular weight excluding hydrogens is 309 g/mol. The molecule has 1 heterocycles. The van der Waals surface area contributed by atoms with Gasteiger partial charge in [0.2, 0.25) is 0 Å². The summed E-state index contributed by atoms with van der Waals surface area (Å²) in [6, 6.07) is 8.81. The number of nitrogens with one attached hydrogen (secondary N) is 2. The van der Waals surface area contributed by atoms with Gasteiger partial charge in [0, 0.05) is 6.04 Å². The van der Waals surface area contributed by atoms with Crippen molar-refractivity contribution in [2.75, 3.05) is 5.32 Å². The number of hydrogen-bond acceptors (Lipinski definition) is 3. The Bertz CT molecular complexity index is 642. The number of rotatable bonds is 4. The molecule has 0 aliphatic rings. The van der Waals surface area contributed by atoms with Gasteiger partial charge >= 0.3 is 0 Å². The van der Waals surface area contributed by atoms with Gasteiger partial charge in [-0.1, -0.05) is 29.3 Å². The molecule has 0 radical (unpaired) electrons. The summed E-state index contributed by atoms with van der Waals surface area (Å²) in [5.41, 5.74) is 1.78. The van der Waals surface area contributed by atoms with Crippen molar-refractivity contribution in [1.29, 1.82) is 0 Å². The smallest absolute Gasteiger partial charge is 0.270 e. The fraction of sp³-hybridized carbons (Fsp3) is 0.200. The minimum absolute atomic E-state index is 0.0716. The molecule has 21 heavy (non-hydrogen) atoms. The van der Waals surface area contributed by atoms with E-state index < -0.39 is 0 Å². The second kappa shape index (κ2) is 6.78. The molecule has 6 heteroatoms. The summed E-state index contributed by atoms with van der Waals surface area (Å²) >= 11 is 12.1. The van der Waals surface area contributed by atoms with Crippen molar-refractivity contribution in [2.45, 2.75) is 19.9 Å². The van der Waals surface area contributed by atoms with Gasteiger partial charge in [-0.3, -0.25) is 4.79 Å². The van der Waals surface area contributed by atoms with E-state index in [2.05, 4.69) is 15.6 Å². The fourth-order valence-corrected chi connectivity index (χ4v) is 2.04. The molecule has 1 aromatic carbocycles. The number of carbonyl (C=O) groups is 1. The molecule has 0 saturated carbocycles. The van der Waals surface area contributed by atoms with E-state index in [0.717, 1.165) is 5.69 Å². The van der Waals surface area contributed by atoms with Crippen molar-refractivity contribution in [1.82, 2.24) is 10.3 Å². The first kappa shape index (κ1) is 15.6. The molecule has 2 rings (SSSR count). The second-order valence-electron chi connectivity index (χ2n) is 4.79. The summed E-state index contributed by atoms with van der Waals surface area (Å²) in [6.07, 6.45) is 1.58. The quantitative estimate of drug-likeness (QED) is 0.883. The number of anilines is 2. The molecule has 4 nitrogen and oxygen atoms in total. The molecule has 2 N–H and O–H groups in total. The SMILES string of the molecule is CC(C)NC(=O)c1ccc(Nc2cccc(Cl)c2Cl)cn1. The summed E-state index contributed by atoms with van der Waals surface area (Å²) < 4.78 is 0. The Hall–Kier alpha value is -1.78. The summed E-state index contributed by atoms with van der Waals surface area (Å²) in [5.74, 6) is -0.197. The third-order valence-corrected chi connectivity index (χ3v) is 3.47. The number of halogens is 2. The zero-order valence-corrected chi connectivity index (χ0v) is 13.2. The topological polar surface area (TPSA) is 54.0 Å². The molecule has 0 spiro atoms. The molecule has 2 aromatic rings. The standard InChI is InChI=1S/C15H15Cl2N3O/c1-9(2)19-15(21)13-7-6-10(8-18-13)20-12-5-3-4-11(16)14(12)17/h3-9,20H,1-2H3,(H,19,21). The molecule has 0 atom stereocenters. The Morgan fingerprint density at radius 1 is 1.19 bits per heavy atom. The second-order valence-corrected chi connectivity index (χ2v) is 5.57. The minimum Gasteiger partial charge on any atom is -0.353 e. The van der Waals surface area contributed by atoms with Gasteiger partial charge in [0.15, 0.2) is 0 Å². The van der Waals surface area contributed by atoms with Crippen LogP contribution in [0.1, 0.15) is 24.3 Å². The highest BCUT2D eigenvalue weighted by Gasteiger charge is 2.09. The lowest BCUT2D eigenvalue weighted by Crippen LogP contribution is -2.30. The van der Waals surface area contributed by atoms with E-state index in [1.54, 1.807) is 30.5 Å². The number of carbonyl (C=O) groups excluding carboxylic acids is 1. The van der Waals surface area contributed by atoms with Gasteiger partial charge in [-0.25, -0.2) is 4.98 Å².